The molecule has 20 heavy (non-hydrogen) atoms. The van der Waals surface area contributed by atoms with Gasteiger partial charge in [-0.2, -0.15) is 0 Å². The van der Waals surface area contributed by atoms with Gasteiger partial charge in [-0.3, -0.25) is 9.69 Å². The van der Waals surface area contributed by atoms with Crippen molar-refractivity contribution in [2.75, 3.05) is 32.7 Å². The molecule has 4 nitrogen and oxygen atoms in total. The Morgan fingerprint density at radius 3 is 2.80 bits per heavy atom. The minimum absolute atomic E-state index is 0. The van der Waals surface area contributed by atoms with Crippen molar-refractivity contribution in [3.05, 3.63) is 22.4 Å². The Hall–Kier alpha value is -0.620. The van der Waals surface area contributed by atoms with E-state index in [1.807, 2.05) is 6.07 Å². The molecule has 0 spiro atoms. The summed E-state index contributed by atoms with van der Waals surface area (Å²) >= 11 is 1.68. The Morgan fingerprint density at radius 2 is 2.10 bits per heavy atom. The van der Waals surface area contributed by atoms with Crippen LogP contribution >= 0.6 is 23.7 Å². The number of amides is 1. The Labute approximate surface area is 130 Å². The second kappa shape index (κ2) is 7.41. The molecular weight excluding hydrogens is 294 g/mol. The highest BCUT2D eigenvalue weighted by Gasteiger charge is 2.33. The maximum absolute atomic E-state index is 12.2. The molecule has 3 rings (SSSR count). The predicted octanol–water partition coefficient (Wildman–Crippen LogP) is 1.64. The van der Waals surface area contributed by atoms with Crippen molar-refractivity contribution in [2.24, 2.45) is 5.92 Å². The van der Waals surface area contributed by atoms with Gasteiger partial charge in [-0.25, -0.2) is 0 Å². The molecule has 0 bridgehead atoms. The number of carbonyl (C=O) groups excluding carboxylic acids is 1. The number of piperidine rings is 1. The van der Waals surface area contributed by atoms with E-state index in [0.29, 0.717) is 0 Å². The fourth-order valence-electron chi connectivity index (χ4n) is 3.06. The summed E-state index contributed by atoms with van der Waals surface area (Å²) in [5.74, 6) is 0.900. The Kier molecular flexibility index (Phi) is 5.84. The lowest BCUT2D eigenvalue weighted by Crippen LogP contribution is -2.51. The first-order chi connectivity index (χ1) is 9.34. The van der Waals surface area contributed by atoms with Crippen LogP contribution in [0.25, 0.3) is 0 Å². The molecule has 1 aromatic heterocycles. The molecule has 112 valence electrons. The summed E-state index contributed by atoms with van der Waals surface area (Å²) < 4.78 is 0. The van der Waals surface area contributed by atoms with E-state index < -0.39 is 0 Å². The third-order valence-electron chi connectivity index (χ3n) is 4.08. The lowest BCUT2D eigenvalue weighted by molar-refractivity contribution is -0.129. The molecule has 3 heterocycles. The van der Waals surface area contributed by atoms with Gasteiger partial charge in [0.05, 0.1) is 0 Å². The van der Waals surface area contributed by atoms with Gasteiger partial charge in [-0.05, 0) is 43.3 Å². The summed E-state index contributed by atoms with van der Waals surface area (Å²) in [6.45, 7) is 5.05. The van der Waals surface area contributed by atoms with Gasteiger partial charge in [0.1, 0.15) is 6.04 Å². The molecule has 0 saturated carbocycles. The van der Waals surface area contributed by atoms with Crippen LogP contribution in [0.2, 0.25) is 0 Å². The first-order valence-corrected chi connectivity index (χ1v) is 7.98. The van der Waals surface area contributed by atoms with Gasteiger partial charge < -0.3 is 10.6 Å². The van der Waals surface area contributed by atoms with Crippen LogP contribution in [0.3, 0.4) is 0 Å². The predicted molar refractivity (Wildman–Crippen MR) is 84.5 cm³/mol. The Bertz CT molecular complexity index is 420. The molecule has 2 saturated heterocycles. The average molecular weight is 316 g/mol. The van der Waals surface area contributed by atoms with Gasteiger partial charge >= 0.3 is 0 Å². The standard InChI is InChI=1S/C14H21N3OS.ClH/c18-14-13(12-2-1-9-19-12)17(8-7-16-14)10-11-3-5-15-6-4-11;/h1-2,9,11,13,15H,3-8,10H2,(H,16,18);1H. The highest BCUT2D eigenvalue weighted by molar-refractivity contribution is 7.10. The molecule has 2 aliphatic rings. The summed E-state index contributed by atoms with van der Waals surface area (Å²) in [6, 6.07) is 4.05. The molecule has 2 aliphatic heterocycles. The number of piperazine rings is 1. The maximum atomic E-state index is 12.2. The van der Waals surface area contributed by atoms with Crippen LogP contribution in [-0.4, -0.2) is 43.5 Å². The normalized spacial score (nSPS) is 25.0. The van der Waals surface area contributed by atoms with Crippen LogP contribution in [-0.2, 0) is 4.79 Å². The first-order valence-electron chi connectivity index (χ1n) is 7.10. The summed E-state index contributed by atoms with van der Waals surface area (Å²) in [7, 11) is 0. The van der Waals surface area contributed by atoms with Crippen molar-refractivity contribution >= 4 is 29.7 Å². The van der Waals surface area contributed by atoms with Crippen molar-refractivity contribution < 1.29 is 4.79 Å². The lowest BCUT2D eigenvalue weighted by atomic mass is 9.96. The van der Waals surface area contributed by atoms with Gasteiger partial charge in [-0.1, -0.05) is 6.07 Å². The topological polar surface area (TPSA) is 44.4 Å². The van der Waals surface area contributed by atoms with Crippen molar-refractivity contribution in [1.29, 1.82) is 0 Å². The maximum Gasteiger partial charge on any atom is 0.242 e. The molecule has 1 aromatic rings. The molecule has 0 aromatic carbocycles. The number of nitrogens with zero attached hydrogens (tertiary/aromatic N) is 1. The quantitative estimate of drug-likeness (QED) is 0.891. The zero-order valence-electron chi connectivity index (χ0n) is 11.5. The van der Waals surface area contributed by atoms with E-state index in [1.54, 1.807) is 11.3 Å². The fraction of sp³-hybridized carbons (Fsp3) is 0.643. The van der Waals surface area contributed by atoms with Crippen LogP contribution in [0.5, 0.6) is 0 Å². The zero-order chi connectivity index (χ0) is 13.1. The van der Waals surface area contributed by atoms with E-state index in [9.17, 15) is 4.79 Å². The number of carbonyl (C=O) groups is 1. The minimum Gasteiger partial charge on any atom is -0.353 e. The first kappa shape index (κ1) is 15.8. The van der Waals surface area contributed by atoms with E-state index in [0.717, 1.165) is 38.6 Å². The number of hydrogen-bond acceptors (Lipinski definition) is 4. The average Bonchev–Trinajstić information content (AvgIpc) is 2.94. The molecular formula is C14H22ClN3OS. The molecule has 0 aliphatic carbocycles. The molecule has 0 radical (unpaired) electrons. The molecule has 1 unspecified atom stereocenters. The zero-order valence-corrected chi connectivity index (χ0v) is 13.1. The number of halogens is 1. The largest absolute Gasteiger partial charge is 0.353 e. The number of rotatable bonds is 3. The highest BCUT2D eigenvalue weighted by atomic mass is 35.5. The smallest absolute Gasteiger partial charge is 0.242 e. The summed E-state index contributed by atoms with van der Waals surface area (Å²) in [6.07, 6.45) is 2.46. The molecule has 6 heteroatoms. The fourth-order valence-corrected chi connectivity index (χ4v) is 3.92. The monoisotopic (exact) mass is 315 g/mol. The SMILES string of the molecule is Cl.O=C1NCCN(CC2CCNCC2)C1c1cccs1. The molecule has 2 fully saturated rings. The highest BCUT2D eigenvalue weighted by Crippen LogP contribution is 2.28. The van der Waals surface area contributed by atoms with Gasteiger partial charge in [0.25, 0.3) is 0 Å². The van der Waals surface area contributed by atoms with E-state index in [4.69, 9.17) is 0 Å². The number of nitrogens with one attached hydrogen (secondary N) is 2. The van der Waals surface area contributed by atoms with E-state index in [1.165, 1.54) is 17.7 Å². The summed E-state index contributed by atoms with van der Waals surface area (Å²) in [5.41, 5.74) is 0. The van der Waals surface area contributed by atoms with Crippen LogP contribution in [0, 0.1) is 5.92 Å². The Balaban J connectivity index is 0.00000147. The third kappa shape index (κ3) is 3.52. The summed E-state index contributed by atoms with van der Waals surface area (Å²) in [5, 5.41) is 8.46. The molecule has 2 N–H and O–H groups in total. The van der Waals surface area contributed by atoms with E-state index in [2.05, 4.69) is 27.0 Å². The summed E-state index contributed by atoms with van der Waals surface area (Å²) in [4.78, 5) is 15.7. The van der Waals surface area contributed by atoms with Crippen LogP contribution in [0.4, 0.5) is 0 Å². The van der Waals surface area contributed by atoms with Gasteiger partial charge in [0.15, 0.2) is 0 Å². The number of hydrogen-bond donors (Lipinski definition) is 2. The molecule has 1 atom stereocenters. The van der Waals surface area contributed by atoms with Crippen LogP contribution in [0.15, 0.2) is 17.5 Å². The molecule has 1 amide bonds. The lowest BCUT2D eigenvalue weighted by Gasteiger charge is -2.37. The number of thiophene rings is 1. The minimum atomic E-state index is -0.0661. The van der Waals surface area contributed by atoms with Crippen molar-refractivity contribution in [1.82, 2.24) is 15.5 Å². The van der Waals surface area contributed by atoms with Crippen molar-refractivity contribution in [3.8, 4) is 0 Å². The van der Waals surface area contributed by atoms with Crippen molar-refractivity contribution in [3.63, 3.8) is 0 Å². The van der Waals surface area contributed by atoms with Gasteiger partial charge in [0.2, 0.25) is 5.91 Å². The van der Waals surface area contributed by atoms with Gasteiger partial charge in [0, 0.05) is 24.5 Å². The van der Waals surface area contributed by atoms with Gasteiger partial charge in [-0.15, -0.1) is 23.7 Å². The van der Waals surface area contributed by atoms with E-state index >= 15 is 0 Å². The third-order valence-corrected chi connectivity index (χ3v) is 5.00. The van der Waals surface area contributed by atoms with Crippen LogP contribution in [0.1, 0.15) is 23.8 Å². The van der Waals surface area contributed by atoms with Crippen molar-refractivity contribution in [2.45, 2.75) is 18.9 Å². The van der Waals surface area contributed by atoms with Crippen LogP contribution < -0.4 is 10.6 Å². The Morgan fingerprint density at radius 1 is 1.30 bits per heavy atom. The second-order valence-corrected chi connectivity index (χ2v) is 6.38. The second-order valence-electron chi connectivity index (χ2n) is 5.40. The van der Waals surface area contributed by atoms with E-state index in [-0.39, 0.29) is 24.4 Å².